The minimum absolute atomic E-state index is 0.105. The first kappa shape index (κ1) is 14.3. The van der Waals surface area contributed by atoms with Crippen molar-refractivity contribution < 1.29 is 9.63 Å². The topological polar surface area (TPSA) is 59.2 Å². The zero-order chi connectivity index (χ0) is 14.8. The molecule has 0 aliphatic heterocycles. The highest BCUT2D eigenvalue weighted by molar-refractivity contribution is 5.31. The van der Waals surface area contributed by atoms with Gasteiger partial charge < -0.3 is 9.63 Å². The van der Waals surface area contributed by atoms with Gasteiger partial charge in [0.15, 0.2) is 5.82 Å². The van der Waals surface area contributed by atoms with E-state index < -0.39 is 6.10 Å². The molecule has 3 rings (SSSR count). The van der Waals surface area contributed by atoms with E-state index in [0.29, 0.717) is 18.2 Å². The van der Waals surface area contributed by atoms with Gasteiger partial charge in [-0.15, -0.1) is 0 Å². The molecule has 0 bridgehead atoms. The van der Waals surface area contributed by atoms with Crippen molar-refractivity contribution in [2.45, 2.75) is 57.5 Å². The highest BCUT2D eigenvalue weighted by Gasteiger charge is 2.26. The Hall–Kier alpha value is -1.68. The van der Waals surface area contributed by atoms with Crippen molar-refractivity contribution in [2.24, 2.45) is 0 Å². The van der Waals surface area contributed by atoms with Gasteiger partial charge in [0.25, 0.3) is 0 Å². The van der Waals surface area contributed by atoms with Gasteiger partial charge in [-0.2, -0.15) is 4.98 Å². The van der Waals surface area contributed by atoms with Crippen molar-refractivity contribution in [3.05, 3.63) is 47.1 Å². The fourth-order valence-corrected chi connectivity index (χ4v) is 3.03. The molecule has 0 radical (unpaired) electrons. The average molecular weight is 286 g/mol. The normalized spacial score (nSPS) is 20.8. The Bertz CT molecular complexity index is 608. The Labute approximate surface area is 125 Å². The predicted molar refractivity (Wildman–Crippen MR) is 80.2 cm³/mol. The number of fused-ring (bicyclic) bond motifs is 1. The Morgan fingerprint density at radius 1 is 1.33 bits per heavy atom. The zero-order valence-corrected chi connectivity index (χ0v) is 12.6. The molecule has 1 aliphatic carbocycles. The summed E-state index contributed by atoms with van der Waals surface area (Å²) >= 11 is 0. The van der Waals surface area contributed by atoms with Gasteiger partial charge in [-0.25, -0.2) is 0 Å². The second-order valence-corrected chi connectivity index (χ2v) is 5.96. The first-order chi connectivity index (χ1) is 10.2. The molecule has 1 aromatic carbocycles. The molecule has 0 saturated carbocycles. The first-order valence-corrected chi connectivity index (χ1v) is 7.77. The van der Waals surface area contributed by atoms with Gasteiger partial charge in [-0.05, 0) is 36.8 Å². The van der Waals surface area contributed by atoms with Gasteiger partial charge in [0.05, 0.1) is 12.0 Å². The van der Waals surface area contributed by atoms with Gasteiger partial charge in [0.2, 0.25) is 5.89 Å². The summed E-state index contributed by atoms with van der Waals surface area (Å²) < 4.78 is 5.37. The molecular formula is C17H22N2O2. The van der Waals surface area contributed by atoms with Crippen molar-refractivity contribution in [1.29, 1.82) is 0 Å². The van der Waals surface area contributed by atoms with Crippen LogP contribution in [-0.4, -0.2) is 21.4 Å². The first-order valence-electron chi connectivity index (χ1n) is 7.77. The van der Waals surface area contributed by atoms with Gasteiger partial charge >= 0.3 is 0 Å². The van der Waals surface area contributed by atoms with Gasteiger partial charge in [0, 0.05) is 5.92 Å². The number of hydrogen-bond donors (Lipinski definition) is 1. The summed E-state index contributed by atoms with van der Waals surface area (Å²) in [5.41, 5.74) is 2.83. The number of nitrogens with zero attached hydrogens (tertiary/aromatic N) is 2. The standard InChI is InChI=1S/C17H22N2O2/c1-3-15(20)11(2)17-18-16(19-21-17)14-9-8-12-6-4-5-7-13(12)10-14/h4-7,11,14-15,20H,3,8-10H2,1-2H3. The quantitative estimate of drug-likeness (QED) is 0.937. The summed E-state index contributed by atoms with van der Waals surface area (Å²) in [6.07, 6.45) is 3.36. The number of aliphatic hydroxyl groups excluding tert-OH is 1. The van der Waals surface area contributed by atoms with Crippen molar-refractivity contribution in [3.63, 3.8) is 0 Å². The van der Waals surface area contributed by atoms with E-state index in [9.17, 15) is 5.11 Å². The van der Waals surface area contributed by atoms with Crippen LogP contribution in [0.1, 0.15) is 61.4 Å². The summed E-state index contributed by atoms with van der Waals surface area (Å²) in [7, 11) is 0. The summed E-state index contributed by atoms with van der Waals surface area (Å²) in [4.78, 5) is 4.54. The third kappa shape index (κ3) is 2.86. The van der Waals surface area contributed by atoms with Crippen LogP contribution in [0.5, 0.6) is 0 Å². The van der Waals surface area contributed by atoms with Crippen LogP contribution in [0.2, 0.25) is 0 Å². The molecule has 0 saturated heterocycles. The maximum Gasteiger partial charge on any atom is 0.232 e. The summed E-state index contributed by atoms with van der Waals surface area (Å²) in [5, 5.41) is 14.1. The maximum atomic E-state index is 9.90. The third-order valence-corrected chi connectivity index (χ3v) is 4.55. The van der Waals surface area contributed by atoms with E-state index in [4.69, 9.17) is 4.52 Å². The molecule has 1 heterocycles. The highest BCUT2D eigenvalue weighted by Crippen LogP contribution is 2.32. The maximum absolute atomic E-state index is 9.90. The smallest absolute Gasteiger partial charge is 0.232 e. The average Bonchev–Trinajstić information content (AvgIpc) is 3.02. The van der Waals surface area contributed by atoms with Crippen molar-refractivity contribution in [2.75, 3.05) is 0 Å². The van der Waals surface area contributed by atoms with Gasteiger partial charge in [-0.1, -0.05) is 43.3 Å². The molecule has 4 heteroatoms. The number of aromatic nitrogens is 2. The van der Waals surface area contributed by atoms with Crippen molar-refractivity contribution >= 4 is 0 Å². The van der Waals surface area contributed by atoms with Crippen LogP contribution in [0.15, 0.2) is 28.8 Å². The molecule has 3 atom stereocenters. The molecule has 1 aromatic heterocycles. The lowest BCUT2D eigenvalue weighted by Gasteiger charge is -2.21. The van der Waals surface area contributed by atoms with E-state index in [1.807, 2.05) is 13.8 Å². The number of rotatable bonds is 4. The van der Waals surface area contributed by atoms with E-state index in [1.54, 1.807) is 0 Å². The van der Waals surface area contributed by atoms with E-state index in [-0.39, 0.29) is 5.92 Å². The summed E-state index contributed by atoms with van der Waals surface area (Å²) in [6.45, 7) is 3.89. The van der Waals surface area contributed by atoms with Gasteiger partial charge in [-0.3, -0.25) is 0 Å². The lowest BCUT2D eigenvalue weighted by atomic mass is 9.83. The molecule has 0 fully saturated rings. The van der Waals surface area contributed by atoms with E-state index in [2.05, 4.69) is 34.4 Å². The second-order valence-electron chi connectivity index (χ2n) is 5.96. The molecule has 2 aromatic rings. The number of aliphatic hydroxyl groups is 1. The van der Waals surface area contributed by atoms with Crippen LogP contribution in [-0.2, 0) is 12.8 Å². The zero-order valence-electron chi connectivity index (χ0n) is 12.6. The fraction of sp³-hybridized carbons (Fsp3) is 0.529. The SMILES string of the molecule is CCC(O)C(C)c1nc(C2CCc3ccccc3C2)no1. The Morgan fingerprint density at radius 2 is 2.10 bits per heavy atom. The highest BCUT2D eigenvalue weighted by atomic mass is 16.5. The van der Waals surface area contributed by atoms with Crippen LogP contribution >= 0.6 is 0 Å². The van der Waals surface area contributed by atoms with E-state index >= 15 is 0 Å². The number of hydrogen-bond acceptors (Lipinski definition) is 4. The summed E-state index contributed by atoms with van der Waals surface area (Å²) in [5.74, 6) is 1.56. The minimum atomic E-state index is -0.426. The molecular weight excluding hydrogens is 264 g/mol. The summed E-state index contributed by atoms with van der Waals surface area (Å²) in [6, 6.07) is 8.57. The second kappa shape index (κ2) is 5.98. The molecule has 4 nitrogen and oxygen atoms in total. The van der Waals surface area contributed by atoms with Crippen molar-refractivity contribution in [3.8, 4) is 0 Å². The van der Waals surface area contributed by atoms with Crippen LogP contribution < -0.4 is 0 Å². The lowest BCUT2D eigenvalue weighted by molar-refractivity contribution is 0.129. The molecule has 0 amide bonds. The van der Waals surface area contributed by atoms with E-state index in [0.717, 1.165) is 25.1 Å². The van der Waals surface area contributed by atoms with Crippen LogP contribution in [0.25, 0.3) is 0 Å². The fourth-order valence-electron chi connectivity index (χ4n) is 3.03. The van der Waals surface area contributed by atoms with Crippen molar-refractivity contribution in [1.82, 2.24) is 10.1 Å². The molecule has 1 N–H and O–H groups in total. The lowest BCUT2D eigenvalue weighted by Crippen LogP contribution is -2.16. The molecule has 0 spiro atoms. The Kier molecular flexibility index (Phi) is 4.06. The molecule has 112 valence electrons. The van der Waals surface area contributed by atoms with E-state index in [1.165, 1.54) is 11.1 Å². The third-order valence-electron chi connectivity index (χ3n) is 4.55. The van der Waals surface area contributed by atoms with Gasteiger partial charge in [0.1, 0.15) is 0 Å². The number of aryl methyl sites for hydroxylation is 1. The monoisotopic (exact) mass is 286 g/mol. The van der Waals surface area contributed by atoms with Crippen LogP contribution in [0, 0.1) is 0 Å². The predicted octanol–water partition coefficient (Wildman–Crippen LogP) is 3.22. The van der Waals surface area contributed by atoms with Crippen LogP contribution in [0.3, 0.4) is 0 Å². The largest absolute Gasteiger partial charge is 0.392 e. The Morgan fingerprint density at radius 3 is 2.86 bits per heavy atom. The minimum Gasteiger partial charge on any atom is -0.392 e. The molecule has 21 heavy (non-hydrogen) atoms. The molecule has 1 aliphatic rings. The molecule has 3 unspecified atom stereocenters. The Balaban J connectivity index is 1.76. The van der Waals surface area contributed by atoms with Crippen LogP contribution in [0.4, 0.5) is 0 Å². The number of benzene rings is 1.